The van der Waals surface area contributed by atoms with Crippen LogP contribution in [-0.2, 0) is 4.79 Å². The Bertz CT molecular complexity index is 774. The zero-order valence-corrected chi connectivity index (χ0v) is 19.0. The van der Waals surface area contributed by atoms with E-state index in [0.717, 1.165) is 25.8 Å². The second-order valence-corrected chi connectivity index (χ2v) is 9.19. The van der Waals surface area contributed by atoms with Gasteiger partial charge in [0.05, 0.1) is 23.4 Å². The zero-order valence-electron chi connectivity index (χ0n) is 18.2. The van der Waals surface area contributed by atoms with Gasteiger partial charge in [-0.05, 0) is 63.5 Å². The summed E-state index contributed by atoms with van der Waals surface area (Å²) in [4.78, 5) is 25.9. The van der Waals surface area contributed by atoms with Crippen molar-refractivity contribution in [3.8, 4) is 5.75 Å². The fourth-order valence-corrected chi connectivity index (χ4v) is 5.37. The molecule has 7 nitrogen and oxygen atoms in total. The molecule has 172 valence electrons. The van der Waals surface area contributed by atoms with Crippen molar-refractivity contribution in [2.24, 2.45) is 5.92 Å². The van der Waals surface area contributed by atoms with Crippen LogP contribution in [0, 0.1) is 5.92 Å². The van der Waals surface area contributed by atoms with Crippen LogP contribution in [0.1, 0.15) is 68.1 Å². The van der Waals surface area contributed by atoms with Crippen molar-refractivity contribution in [2.45, 2.75) is 69.9 Å². The summed E-state index contributed by atoms with van der Waals surface area (Å²) in [6.45, 7) is 1.51. The highest BCUT2D eigenvalue weighted by atomic mass is 35.5. The maximum Gasteiger partial charge on any atom is 0.303 e. The number of piperidine rings is 2. The molecule has 2 heterocycles. The first-order chi connectivity index (χ1) is 14.9. The van der Waals surface area contributed by atoms with Gasteiger partial charge in [0.25, 0.3) is 5.91 Å². The Labute approximate surface area is 189 Å². The summed E-state index contributed by atoms with van der Waals surface area (Å²) in [5, 5.41) is 12.2. The zero-order chi connectivity index (χ0) is 22.4. The molecule has 2 atom stereocenters. The number of amides is 1. The van der Waals surface area contributed by atoms with Gasteiger partial charge in [0.1, 0.15) is 5.75 Å². The number of methoxy groups -OCH3 is 1. The maximum atomic E-state index is 12.6. The molecule has 0 aliphatic carbocycles. The molecule has 2 bridgehead atoms. The number of anilines is 1. The number of halogens is 1. The highest BCUT2D eigenvalue weighted by Crippen LogP contribution is 2.38. The quantitative estimate of drug-likeness (QED) is 0.367. The minimum atomic E-state index is -0.707. The number of benzene rings is 1. The molecule has 2 aliphatic rings. The number of carboxylic acid groups (broad SMARTS) is 1. The fourth-order valence-electron chi connectivity index (χ4n) is 5.21. The number of ether oxygens (including phenoxy) is 1. The average molecular weight is 452 g/mol. The third-order valence-electron chi connectivity index (χ3n) is 6.67. The number of aliphatic carboxylic acids is 1. The number of nitrogens with two attached hydrogens (primary N) is 1. The molecule has 0 spiro atoms. The van der Waals surface area contributed by atoms with Crippen LogP contribution in [0.25, 0.3) is 0 Å². The summed E-state index contributed by atoms with van der Waals surface area (Å²) in [7, 11) is 1.50. The Kier molecular flexibility index (Phi) is 8.43. The number of rotatable bonds is 10. The average Bonchev–Trinajstić information content (AvgIpc) is 2.72. The van der Waals surface area contributed by atoms with Gasteiger partial charge in [0.15, 0.2) is 0 Å². The third-order valence-corrected chi connectivity index (χ3v) is 7.00. The molecule has 1 amide bonds. The SMILES string of the molecule is COc1cc(N)c(Cl)cc1C(=O)NCCCC1CC2CCCC(C1)N2CCCC(=O)O. The van der Waals surface area contributed by atoms with Crippen LogP contribution >= 0.6 is 11.6 Å². The van der Waals surface area contributed by atoms with Crippen molar-refractivity contribution in [1.29, 1.82) is 0 Å². The second kappa shape index (κ2) is 11.0. The van der Waals surface area contributed by atoms with Crippen molar-refractivity contribution < 1.29 is 19.4 Å². The molecule has 3 rings (SSSR count). The van der Waals surface area contributed by atoms with E-state index in [1.807, 2.05) is 0 Å². The summed E-state index contributed by atoms with van der Waals surface area (Å²) in [5.41, 5.74) is 6.56. The monoisotopic (exact) mass is 451 g/mol. The van der Waals surface area contributed by atoms with E-state index < -0.39 is 5.97 Å². The topological polar surface area (TPSA) is 105 Å². The molecule has 4 N–H and O–H groups in total. The van der Waals surface area contributed by atoms with E-state index in [-0.39, 0.29) is 12.3 Å². The van der Waals surface area contributed by atoms with Crippen molar-refractivity contribution >= 4 is 29.2 Å². The number of nitrogen functional groups attached to an aromatic ring is 1. The van der Waals surface area contributed by atoms with E-state index in [4.69, 9.17) is 27.2 Å². The van der Waals surface area contributed by atoms with Gasteiger partial charge in [-0.15, -0.1) is 0 Å². The molecule has 2 fully saturated rings. The number of nitrogens with zero attached hydrogens (tertiary/aromatic N) is 1. The number of nitrogens with one attached hydrogen (secondary N) is 1. The first-order valence-electron chi connectivity index (χ1n) is 11.3. The number of carbonyl (C=O) groups excluding carboxylic acids is 1. The van der Waals surface area contributed by atoms with E-state index >= 15 is 0 Å². The number of hydrogen-bond donors (Lipinski definition) is 3. The molecule has 0 saturated carbocycles. The van der Waals surface area contributed by atoms with Crippen LogP contribution in [0.3, 0.4) is 0 Å². The lowest BCUT2D eigenvalue weighted by Crippen LogP contribution is -2.52. The number of carbonyl (C=O) groups is 2. The fraction of sp³-hybridized carbons (Fsp3) is 0.652. The van der Waals surface area contributed by atoms with Crippen LogP contribution in [0.4, 0.5) is 5.69 Å². The first-order valence-corrected chi connectivity index (χ1v) is 11.7. The minimum Gasteiger partial charge on any atom is -0.496 e. The lowest BCUT2D eigenvalue weighted by atomic mass is 9.76. The number of fused-ring (bicyclic) bond motifs is 2. The predicted molar refractivity (Wildman–Crippen MR) is 122 cm³/mol. The van der Waals surface area contributed by atoms with E-state index in [9.17, 15) is 9.59 Å². The van der Waals surface area contributed by atoms with E-state index in [0.29, 0.717) is 46.6 Å². The van der Waals surface area contributed by atoms with Crippen LogP contribution in [0.5, 0.6) is 5.75 Å². The summed E-state index contributed by atoms with van der Waals surface area (Å²) in [6, 6.07) is 4.29. The summed E-state index contributed by atoms with van der Waals surface area (Å²) >= 11 is 6.06. The van der Waals surface area contributed by atoms with Gasteiger partial charge in [-0.25, -0.2) is 0 Å². The molecule has 0 radical (unpaired) electrons. The molecule has 1 aromatic rings. The Morgan fingerprint density at radius 2 is 1.97 bits per heavy atom. The van der Waals surface area contributed by atoms with Gasteiger partial charge in [0.2, 0.25) is 0 Å². The van der Waals surface area contributed by atoms with Crippen LogP contribution in [0.15, 0.2) is 12.1 Å². The molecule has 2 unspecified atom stereocenters. The molecule has 2 aliphatic heterocycles. The van der Waals surface area contributed by atoms with E-state index in [1.54, 1.807) is 12.1 Å². The van der Waals surface area contributed by atoms with Crippen molar-refractivity contribution in [1.82, 2.24) is 10.2 Å². The van der Waals surface area contributed by atoms with Gasteiger partial charge in [-0.2, -0.15) is 0 Å². The molecule has 2 saturated heterocycles. The van der Waals surface area contributed by atoms with Crippen molar-refractivity contribution in [3.63, 3.8) is 0 Å². The Balaban J connectivity index is 1.44. The molecular formula is C23H34ClN3O4. The Morgan fingerprint density at radius 1 is 1.26 bits per heavy atom. The number of carboxylic acids is 1. The molecule has 8 heteroatoms. The largest absolute Gasteiger partial charge is 0.496 e. The van der Waals surface area contributed by atoms with E-state index in [2.05, 4.69) is 10.2 Å². The third kappa shape index (κ3) is 6.26. The first kappa shape index (κ1) is 23.7. The van der Waals surface area contributed by atoms with Gasteiger partial charge in [0, 0.05) is 31.1 Å². The van der Waals surface area contributed by atoms with Crippen LogP contribution in [0.2, 0.25) is 5.02 Å². The van der Waals surface area contributed by atoms with Gasteiger partial charge < -0.3 is 20.9 Å². The van der Waals surface area contributed by atoms with Crippen molar-refractivity contribution in [2.75, 3.05) is 25.9 Å². The molecular weight excluding hydrogens is 418 g/mol. The highest BCUT2D eigenvalue weighted by Gasteiger charge is 2.37. The standard InChI is InChI=1S/C23H34ClN3O4/c1-31-21-14-20(25)19(24)13-18(21)23(30)26-9-3-5-15-11-16-6-2-7-17(12-15)27(16)10-4-8-22(28)29/h13-17H,2-12,25H2,1H3,(H,26,30)(H,28,29). The second-order valence-electron chi connectivity index (χ2n) is 8.78. The highest BCUT2D eigenvalue weighted by molar-refractivity contribution is 6.33. The van der Waals surface area contributed by atoms with Gasteiger partial charge in [-0.1, -0.05) is 18.0 Å². The molecule has 1 aromatic carbocycles. The minimum absolute atomic E-state index is 0.205. The van der Waals surface area contributed by atoms with Crippen molar-refractivity contribution in [3.05, 3.63) is 22.7 Å². The smallest absolute Gasteiger partial charge is 0.303 e. The summed E-state index contributed by atoms with van der Waals surface area (Å²) < 4.78 is 5.26. The van der Waals surface area contributed by atoms with E-state index in [1.165, 1.54) is 39.2 Å². The van der Waals surface area contributed by atoms with Gasteiger partial charge in [-0.3, -0.25) is 14.5 Å². The summed E-state index contributed by atoms with van der Waals surface area (Å²) in [6.07, 6.45) is 9.08. The Hall–Kier alpha value is -1.99. The van der Waals surface area contributed by atoms with Crippen LogP contribution < -0.4 is 15.8 Å². The lowest BCUT2D eigenvalue weighted by Gasteiger charge is -2.49. The summed E-state index contributed by atoms with van der Waals surface area (Å²) in [5.74, 6) is 0.177. The van der Waals surface area contributed by atoms with Crippen LogP contribution in [-0.4, -0.2) is 54.2 Å². The predicted octanol–water partition coefficient (Wildman–Crippen LogP) is 3.94. The van der Waals surface area contributed by atoms with Gasteiger partial charge >= 0.3 is 5.97 Å². The molecule has 31 heavy (non-hydrogen) atoms. The normalized spacial score (nSPS) is 23.4. The Morgan fingerprint density at radius 3 is 2.61 bits per heavy atom. The maximum absolute atomic E-state index is 12.6. The number of hydrogen-bond acceptors (Lipinski definition) is 5. The lowest BCUT2D eigenvalue weighted by molar-refractivity contribution is -0.137. The molecule has 0 aromatic heterocycles.